The van der Waals surface area contributed by atoms with Crippen molar-refractivity contribution in [1.29, 1.82) is 0 Å². The summed E-state index contributed by atoms with van der Waals surface area (Å²) in [6, 6.07) is 8.62. The molecule has 1 aromatic rings. The SMILES string of the molecule is C[C@H](N)c1ccc(CN2CCN([B]C=O)CC2)cc1. The second-order valence-electron chi connectivity index (χ2n) is 5.13. The molecule has 1 saturated heterocycles. The van der Waals surface area contributed by atoms with Crippen molar-refractivity contribution < 1.29 is 4.79 Å². The number of rotatable bonds is 5. The highest BCUT2D eigenvalue weighted by molar-refractivity contribution is 6.64. The summed E-state index contributed by atoms with van der Waals surface area (Å²) in [7, 11) is 1.63. The third kappa shape index (κ3) is 4.16. The van der Waals surface area contributed by atoms with Crippen LogP contribution in [0.4, 0.5) is 0 Å². The van der Waals surface area contributed by atoms with E-state index in [2.05, 4.69) is 34.0 Å². The maximum absolute atomic E-state index is 10.4. The molecule has 5 heteroatoms. The van der Waals surface area contributed by atoms with Crippen molar-refractivity contribution in [3.63, 3.8) is 0 Å². The van der Waals surface area contributed by atoms with E-state index >= 15 is 0 Å². The van der Waals surface area contributed by atoms with Gasteiger partial charge in [-0.3, -0.25) is 4.90 Å². The third-order valence-electron chi connectivity index (χ3n) is 3.59. The molecule has 1 fully saturated rings. The molecule has 0 aromatic heterocycles. The maximum Gasteiger partial charge on any atom is 0.293 e. The first kappa shape index (κ1) is 14.2. The molecule has 0 aliphatic carbocycles. The van der Waals surface area contributed by atoms with E-state index in [1.54, 1.807) is 7.41 Å². The van der Waals surface area contributed by atoms with E-state index < -0.39 is 0 Å². The van der Waals surface area contributed by atoms with Crippen LogP contribution in [0.5, 0.6) is 0 Å². The van der Waals surface area contributed by atoms with E-state index in [1.807, 2.05) is 6.92 Å². The molecule has 101 valence electrons. The molecule has 1 atom stereocenters. The molecule has 19 heavy (non-hydrogen) atoms. The van der Waals surface area contributed by atoms with Crippen LogP contribution in [0.1, 0.15) is 24.1 Å². The predicted molar refractivity (Wildman–Crippen MR) is 78.4 cm³/mol. The van der Waals surface area contributed by atoms with Crippen LogP contribution < -0.4 is 5.73 Å². The average molecular weight is 258 g/mol. The lowest BCUT2D eigenvalue weighted by atomic mass is 9.93. The molecular weight excluding hydrogens is 237 g/mol. The van der Waals surface area contributed by atoms with Crippen LogP contribution in [0.15, 0.2) is 24.3 Å². The van der Waals surface area contributed by atoms with Gasteiger partial charge in [0.15, 0.2) is 0 Å². The summed E-state index contributed by atoms with van der Waals surface area (Å²) in [5.41, 5.74) is 8.34. The minimum absolute atomic E-state index is 0.0940. The van der Waals surface area contributed by atoms with Crippen molar-refractivity contribution >= 4 is 13.6 Å². The Kier molecular flexibility index (Phi) is 5.13. The number of hydrogen-bond acceptors (Lipinski definition) is 4. The van der Waals surface area contributed by atoms with Crippen LogP contribution in [0.25, 0.3) is 0 Å². The number of carbonyl (C=O) groups excluding carboxylic acids is 1. The first-order valence-electron chi connectivity index (χ1n) is 6.78. The lowest BCUT2D eigenvalue weighted by Gasteiger charge is -2.33. The number of piperazine rings is 1. The minimum atomic E-state index is 0.0940. The molecule has 1 aliphatic rings. The van der Waals surface area contributed by atoms with E-state index in [-0.39, 0.29) is 6.04 Å². The van der Waals surface area contributed by atoms with Crippen molar-refractivity contribution in [2.75, 3.05) is 26.2 Å². The highest BCUT2D eigenvalue weighted by atomic mass is 16.1. The Balaban J connectivity index is 1.83. The molecule has 1 heterocycles. The van der Waals surface area contributed by atoms with Gasteiger partial charge in [0.25, 0.3) is 7.41 Å². The van der Waals surface area contributed by atoms with E-state index in [9.17, 15) is 4.79 Å². The standard InChI is InChI=1S/C14H21BN3O/c1-12(16)14-4-2-13(3-5-14)10-17-6-8-18(9-7-17)15-11-19/h2-5,11-12H,6-10,16H2,1H3/t12-/m0/s1. The van der Waals surface area contributed by atoms with E-state index in [0.29, 0.717) is 0 Å². The zero-order valence-corrected chi connectivity index (χ0v) is 11.5. The van der Waals surface area contributed by atoms with Gasteiger partial charge >= 0.3 is 0 Å². The van der Waals surface area contributed by atoms with Gasteiger partial charge < -0.3 is 15.3 Å². The molecule has 0 spiro atoms. The quantitative estimate of drug-likeness (QED) is 0.621. The molecule has 1 aromatic carbocycles. The van der Waals surface area contributed by atoms with Gasteiger partial charge in [0.05, 0.1) is 6.19 Å². The predicted octanol–water partition coefficient (Wildman–Crippen LogP) is 0.633. The van der Waals surface area contributed by atoms with Crippen LogP contribution in [-0.4, -0.2) is 49.5 Å². The van der Waals surface area contributed by atoms with Crippen molar-refractivity contribution in [2.45, 2.75) is 19.5 Å². The van der Waals surface area contributed by atoms with Gasteiger partial charge in [-0.05, 0) is 18.1 Å². The van der Waals surface area contributed by atoms with Crippen LogP contribution in [0.2, 0.25) is 0 Å². The average Bonchev–Trinajstić information content (AvgIpc) is 2.42. The molecule has 4 nitrogen and oxygen atoms in total. The Hall–Kier alpha value is -1.17. The molecule has 0 bridgehead atoms. The Bertz CT molecular complexity index is 400. The van der Waals surface area contributed by atoms with Crippen LogP contribution in [0.3, 0.4) is 0 Å². The largest absolute Gasteiger partial charge is 0.338 e. The molecule has 2 N–H and O–H groups in total. The zero-order valence-electron chi connectivity index (χ0n) is 11.5. The summed E-state index contributed by atoms with van der Waals surface area (Å²) in [5, 5.41) is 0. The Morgan fingerprint density at radius 2 is 1.89 bits per heavy atom. The number of nitrogens with zero attached hydrogens (tertiary/aromatic N) is 2. The number of carbonyl (C=O) groups is 1. The molecule has 1 radical (unpaired) electrons. The fourth-order valence-electron chi connectivity index (χ4n) is 2.34. The highest BCUT2D eigenvalue weighted by Gasteiger charge is 2.16. The first-order chi connectivity index (χ1) is 9.19. The van der Waals surface area contributed by atoms with Gasteiger partial charge in [-0.2, -0.15) is 0 Å². The number of hydrogen-bond donors (Lipinski definition) is 1. The summed E-state index contributed by atoms with van der Waals surface area (Å²) in [6.07, 6.45) is 0.863. The smallest absolute Gasteiger partial charge is 0.293 e. The summed E-state index contributed by atoms with van der Waals surface area (Å²) < 4.78 is 0. The van der Waals surface area contributed by atoms with E-state index in [0.717, 1.165) is 38.9 Å². The van der Waals surface area contributed by atoms with Crippen molar-refractivity contribution in [3.8, 4) is 0 Å². The lowest BCUT2D eigenvalue weighted by molar-refractivity contribution is 0.183. The molecule has 0 saturated carbocycles. The molecular formula is C14H21BN3O. The summed E-state index contributed by atoms with van der Waals surface area (Å²) >= 11 is 0. The topological polar surface area (TPSA) is 49.6 Å². The van der Waals surface area contributed by atoms with Crippen molar-refractivity contribution in [2.24, 2.45) is 5.73 Å². The monoisotopic (exact) mass is 258 g/mol. The van der Waals surface area contributed by atoms with Gasteiger partial charge in [-0.25, -0.2) is 0 Å². The zero-order chi connectivity index (χ0) is 13.7. The summed E-state index contributed by atoms with van der Waals surface area (Å²) in [5.74, 6) is 0. The number of benzene rings is 1. The van der Waals surface area contributed by atoms with Gasteiger partial charge in [-0.1, -0.05) is 24.3 Å². The van der Waals surface area contributed by atoms with Gasteiger partial charge in [0, 0.05) is 38.8 Å². The third-order valence-corrected chi connectivity index (χ3v) is 3.59. The van der Waals surface area contributed by atoms with E-state index in [1.165, 1.54) is 11.1 Å². The summed E-state index contributed by atoms with van der Waals surface area (Å²) in [6.45, 7) is 6.82. The fraction of sp³-hybridized carbons (Fsp3) is 0.500. The Labute approximate surface area is 115 Å². The highest BCUT2D eigenvalue weighted by Crippen LogP contribution is 2.13. The lowest BCUT2D eigenvalue weighted by Crippen LogP contribution is -2.47. The molecule has 2 rings (SSSR count). The molecule has 1 aliphatic heterocycles. The van der Waals surface area contributed by atoms with Gasteiger partial charge in [-0.15, -0.1) is 0 Å². The van der Waals surface area contributed by atoms with Crippen LogP contribution >= 0.6 is 0 Å². The molecule has 0 unspecified atom stereocenters. The van der Waals surface area contributed by atoms with E-state index in [4.69, 9.17) is 5.73 Å². The maximum atomic E-state index is 10.4. The van der Waals surface area contributed by atoms with Crippen LogP contribution in [0, 0.1) is 0 Å². The number of nitrogens with two attached hydrogens (primary N) is 1. The second kappa shape index (κ2) is 6.84. The van der Waals surface area contributed by atoms with Crippen molar-refractivity contribution in [1.82, 2.24) is 9.71 Å². The van der Waals surface area contributed by atoms with Crippen molar-refractivity contribution in [3.05, 3.63) is 35.4 Å². The summed E-state index contributed by atoms with van der Waals surface area (Å²) in [4.78, 5) is 14.9. The minimum Gasteiger partial charge on any atom is -0.338 e. The second-order valence-corrected chi connectivity index (χ2v) is 5.13. The van der Waals surface area contributed by atoms with Crippen LogP contribution in [-0.2, 0) is 11.3 Å². The first-order valence-corrected chi connectivity index (χ1v) is 6.78. The fourth-order valence-corrected chi connectivity index (χ4v) is 2.34. The Morgan fingerprint density at radius 3 is 2.42 bits per heavy atom. The Morgan fingerprint density at radius 1 is 1.26 bits per heavy atom. The van der Waals surface area contributed by atoms with Gasteiger partial charge in [0.1, 0.15) is 0 Å². The molecule has 0 amide bonds. The normalized spacial score (nSPS) is 19.1. The van der Waals surface area contributed by atoms with Gasteiger partial charge in [0.2, 0.25) is 0 Å².